The molecule has 1 fully saturated rings. The summed E-state index contributed by atoms with van der Waals surface area (Å²) in [6.07, 6.45) is 0. The van der Waals surface area contributed by atoms with Crippen molar-refractivity contribution < 1.29 is 9.72 Å². The smallest absolute Gasteiger partial charge is 0.273 e. The summed E-state index contributed by atoms with van der Waals surface area (Å²) in [6, 6.07) is 8.84. The van der Waals surface area contributed by atoms with Crippen molar-refractivity contribution in [1.29, 1.82) is 0 Å². The first-order valence-electron chi connectivity index (χ1n) is 7.95. The van der Waals surface area contributed by atoms with E-state index in [1.54, 1.807) is 35.3 Å². The van der Waals surface area contributed by atoms with E-state index in [0.717, 1.165) is 23.4 Å². The molecule has 0 N–H and O–H groups in total. The topological polar surface area (TPSA) is 66.7 Å². The molecule has 132 valence electrons. The lowest BCUT2D eigenvalue weighted by atomic mass is 10.1. The molecule has 1 aromatic carbocycles. The van der Waals surface area contributed by atoms with Crippen molar-refractivity contribution >= 4 is 38.9 Å². The molecule has 0 saturated carbocycles. The Balaban J connectivity index is 1.61. The van der Waals surface area contributed by atoms with Crippen LogP contribution in [0.4, 0.5) is 5.69 Å². The van der Waals surface area contributed by atoms with Gasteiger partial charge in [0.25, 0.3) is 11.6 Å². The first kappa shape index (κ1) is 18.0. The van der Waals surface area contributed by atoms with E-state index in [1.807, 2.05) is 6.07 Å². The molecule has 1 amide bonds. The highest BCUT2D eigenvalue weighted by Gasteiger charge is 2.24. The Bertz CT molecular complexity index is 800. The van der Waals surface area contributed by atoms with Crippen LogP contribution in [0.2, 0.25) is 0 Å². The zero-order chi connectivity index (χ0) is 18.0. The number of halogens is 1. The summed E-state index contributed by atoms with van der Waals surface area (Å²) in [6.45, 7) is 5.42. The van der Waals surface area contributed by atoms with E-state index >= 15 is 0 Å². The number of benzene rings is 1. The number of rotatable bonds is 4. The minimum atomic E-state index is -0.441. The molecule has 1 aromatic heterocycles. The summed E-state index contributed by atoms with van der Waals surface area (Å²) < 4.78 is 1.12. The number of nitro benzene ring substituents is 1. The van der Waals surface area contributed by atoms with Gasteiger partial charge in [-0.05, 0) is 41.1 Å². The van der Waals surface area contributed by atoms with Gasteiger partial charge in [-0.15, -0.1) is 11.3 Å². The zero-order valence-electron chi connectivity index (χ0n) is 13.8. The molecule has 0 aliphatic carbocycles. The lowest BCUT2D eigenvalue weighted by Gasteiger charge is -2.34. The van der Waals surface area contributed by atoms with E-state index in [0.29, 0.717) is 24.2 Å². The summed E-state index contributed by atoms with van der Waals surface area (Å²) in [7, 11) is 0. The van der Waals surface area contributed by atoms with Gasteiger partial charge in [-0.1, -0.05) is 6.07 Å². The minimum Gasteiger partial charge on any atom is -0.336 e. The van der Waals surface area contributed by atoms with Crippen LogP contribution >= 0.6 is 27.3 Å². The van der Waals surface area contributed by atoms with Crippen LogP contribution in [0.3, 0.4) is 0 Å². The monoisotopic (exact) mass is 423 g/mol. The van der Waals surface area contributed by atoms with Gasteiger partial charge in [0.05, 0.1) is 8.71 Å². The number of hydrogen-bond acceptors (Lipinski definition) is 5. The zero-order valence-corrected chi connectivity index (χ0v) is 16.2. The van der Waals surface area contributed by atoms with Gasteiger partial charge in [0.15, 0.2) is 0 Å². The molecule has 3 rings (SSSR count). The normalized spacial score (nSPS) is 15.4. The van der Waals surface area contributed by atoms with Gasteiger partial charge >= 0.3 is 0 Å². The van der Waals surface area contributed by atoms with Crippen LogP contribution in [0.25, 0.3) is 0 Å². The molecule has 1 aliphatic rings. The quantitative estimate of drug-likeness (QED) is 0.555. The van der Waals surface area contributed by atoms with E-state index in [9.17, 15) is 14.9 Å². The number of thiophene rings is 1. The molecule has 0 radical (unpaired) electrons. The molecule has 25 heavy (non-hydrogen) atoms. The SMILES string of the molecule is Cc1ccc(C(=O)N2CCN(Cc3ccc(Br)s3)CC2)cc1[N+](=O)[O-]. The summed E-state index contributed by atoms with van der Waals surface area (Å²) in [5.74, 6) is -0.137. The number of nitro groups is 1. The van der Waals surface area contributed by atoms with Crippen molar-refractivity contribution in [2.45, 2.75) is 13.5 Å². The van der Waals surface area contributed by atoms with E-state index in [2.05, 4.69) is 26.9 Å². The number of carbonyl (C=O) groups is 1. The molecule has 0 unspecified atom stereocenters. The highest BCUT2D eigenvalue weighted by molar-refractivity contribution is 9.11. The second kappa shape index (κ2) is 7.63. The van der Waals surface area contributed by atoms with E-state index in [4.69, 9.17) is 0 Å². The van der Waals surface area contributed by atoms with Crippen LogP contribution in [-0.2, 0) is 6.54 Å². The Morgan fingerprint density at radius 1 is 1.24 bits per heavy atom. The van der Waals surface area contributed by atoms with Gasteiger partial charge in [-0.25, -0.2) is 0 Å². The summed E-state index contributed by atoms with van der Waals surface area (Å²) in [5, 5.41) is 11.1. The number of amides is 1. The Morgan fingerprint density at radius 2 is 1.96 bits per heavy atom. The summed E-state index contributed by atoms with van der Waals surface area (Å²) >= 11 is 5.19. The van der Waals surface area contributed by atoms with Crippen LogP contribution in [0, 0.1) is 17.0 Å². The van der Waals surface area contributed by atoms with Crippen LogP contribution in [0.15, 0.2) is 34.1 Å². The van der Waals surface area contributed by atoms with Crippen molar-refractivity contribution in [3.8, 4) is 0 Å². The van der Waals surface area contributed by atoms with Gasteiger partial charge in [-0.2, -0.15) is 0 Å². The molecule has 2 aromatic rings. The molecule has 1 saturated heterocycles. The average Bonchev–Trinajstić information content (AvgIpc) is 3.00. The fourth-order valence-electron chi connectivity index (χ4n) is 2.89. The maximum Gasteiger partial charge on any atom is 0.273 e. The fourth-order valence-corrected chi connectivity index (χ4v) is 4.41. The van der Waals surface area contributed by atoms with Crippen molar-refractivity contribution in [2.75, 3.05) is 26.2 Å². The van der Waals surface area contributed by atoms with Crippen molar-refractivity contribution in [3.63, 3.8) is 0 Å². The van der Waals surface area contributed by atoms with Crippen LogP contribution in [-0.4, -0.2) is 46.8 Å². The van der Waals surface area contributed by atoms with Crippen molar-refractivity contribution in [1.82, 2.24) is 9.80 Å². The molecular formula is C17H18BrN3O3S. The Morgan fingerprint density at radius 3 is 2.56 bits per heavy atom. The van der Waals surface area contributed by atoms with E-state index in [1.165, 1.54) is 10.9 Å². The highest BCUT2D eigenvalue weighted by Crippen LogP contribution is 2.24. The van der Waals surface area contributed by atoms with Crippen LogP contribution in [0.5, 0.6) is 0 Å². The van der Waals surface area contributed by atoms with Crippen molar-refractivity contribution in [2.24, 2.45) is 0 Å². The Labute approximate surface area is 158 Å². The summed E-state index contributed by atoms with van der Waals surface area (Å²) in [4.78, 5) is 28.6. The minimum absolute atomic E-state index is 0.00671. The Kier molecular flexibility index (Phi) is 5.51. The maximum absolute atomic E-state index is 12.6. The largest absolute Gasteiger partial charge is 0.336 e. The van der Waals surface area contributed by atoms with Gasteiger partial charge in [0.2, 0.25) is 0 Å². The predicted octanol–water partition coefficient (Wildman–Crippen LogP) is 3.69. The van der Waals surface area contributed by atoms with Gasteiger partial charge in [0, 0.05) is 54.8 Å². The van der Waals surface area contributed by atoms with Gasteiger partial charge in [-0.3, -0.25) is 19.8 Å². The number of piperazine rings is 1. The predicted molar refractivity (Wildman–Crippen MR) is 101 cm³/mol. The molecule has 2 heterocycles. The molecular weight excluding hydrogens is 406 g/mol. The molecule has 0 bridgehead atoms. The standard InChI is InChI=1S/C17H18BrN3O3S/c1-12-2-3-13(10-15(12)21(23)24)17(22)20-8-6-19(7-9-20)11-14-4-5-16(18)25-14/h2-5,10H,6-9,11H2,1H3. The molecule has 0 spiro atoms. The Hall–Kier alpha value is -1.77. The number of hydrogen-bond donors (Lipinski definition) is 0. The summed E-state index contributed by atoms with van der Waals surface area (Å²) in [5.41, 5.74) is 0.939. The molecule has 8 heteroatoms. The van der Waals surface area contributed by atoms with Crippen LogP contribution in [0.1, 0.15) is 20.8 Å². The molecule has 1 aliphatic heterocycles. The van der Waals surface area contributed by atoms with Crippen molar-refractivity contribution in [3.05, 3.63) is 60.2 Å². The number of nitrogens with zero attached hydrogens (tertiary/aromatic N) is 3. The lowest BCUT2D eigenvalue weighted by Crippen LogP contribution is -2.48. The first-order valence-corrected chi connectivity index (χ1v) is 9.56. The average molecular weight is 424 g/mol. The van der Waals surface area contributed by atoms with Crippen LogP contribution < -0.4 is 0 Å². The van der Waals surface area contributed by atoms with Gasteiger partial charge in [0.1, 0.15) is 0 Å². The first-order chi connectivity index (χ1) is 11.9. The third kappa shape index (κ3) is 4.26. The third-order valence-electron chi connectivity index (χ3n) is 4.32. The van der Waals surface area contributed by atoms with E-state index in [-0.39, 0.29) is 11.6 Å². The molecule has 0 atom stereocenters. The second-order valence-electron chi connectivity index (χ2n) is 6.03. The lowest BCUT2D eigenvalue weighted by molar-refractivity contribution is -0.385. The second-order valence-corrected chi connectivity index (χ2v) is 8.58. The number of aryl methyl sites for hydroxylation is 1. The third-order valence-corrected chi connectivity index (χ3v) is 5.93. The highest BCUT2D eigenvalue weighted by atomic mass is 79.9. The van der Waals surface area contributed by atoms with Gasteiger partial charge < -0.3 is 4.90 Å². The molecule has 6 nitrogen and oxygen atoms in total. The maximum atomic E-state index is 12.6. The van der Waals surface area contributed by atoms with E-state index < -0.39 is 4.92 Å². The fraction of sp³-hybridized carbons (Fsp3) is 0.353. The number of carbonyl (C=O) groups excluding carboxylic acids is 1.